The summed E-state index contributed by atoms with van der Waals surface area (Å²) in [6.07, 6.45) is -2.13. The zero-order chi connectivity index (χ0) is 8.15. The van der Waals surface area contributed by atoms with Crippen molar-refractivity contribution in [2.75, 3.05) is 0 Å². The number of rotatable bonds is 4. The summed E-state index contributed by atoms with van der Waals surface area (Å²) in [5.74, 6) is -2.50. The van der Waals surface area contributed by atoms with Crippen molar-refractivity contribution in [3.63, 3.8) is 0 Å². The quantitative estimate of drug-likeness (QED) is 0.452. The maximum absolute atomic E-state index is 9.87. The molecule has 0 rings (SSSR count). The monoisotopic (exact) mass is 196 g/mol. The summed E-state index contributed by atoms with van der Waals surface area (Å²) < 4.78 is 0. The van der Waals surface area contributed by atoms with Gasteiger partial charge in [-0.15, -0.1) is 0 Å². The molecule has 5 nitrogen and oxygen atoms in total. The van der Waals surface area contributed by atoms with Crippen LogP contribution in [0.25, 0.3) is 0 Å². The molecule has 0 saturated heterocycles. The SMILES string of the molecule is O=C(O)CC[C@@H](O)C(=O)O.[NaH].[NaH]. The summed E-state index contributed by atoms with van der Waals surface area (Å²) in [4.78, 5) is 19.7. The van der Waals surface area contributed by atoms with Crippen molar-refractivity contribution in [1.29, 1.82) is 0 Å². The molecule has 0 radical (unpaired) electrons. The summed E-state index contributed by atoms with van der Waals surface area (Å²) in [6.45, 7) is 0. The van der Waals surface area contributed by atoms with E-state index in [1.165, 1.54) is 0 Å². The summed E-state index contributed by atoms with van der Waals surface area (Å²) in [5, 5.41) is 24.6. The Morgan fingerprint density at radius 3 is 1.83 bits per heavy atom. The third-order valence-electron chi connectivity index (χ3n) is 0.917. The van der Waals surface area contributed by atoms with Gasteiger partial charge in [0.15, 0.2) is 6.10 Å². The molecule has 0 aliphatic rings. The van der Waals surface area contributed by atoms with Crippen LogP contribution < -0.4 is 0 Å². The molecule has 0 saturated carbocycles. The molecule has 0 aromatic carbocycles. The Morgan fingerprint density at radius 1 is 1.17 bits per heavy atom. The Kier molecular flexibility index (Phi) is 15.5. The summed E-state index contributed by atoms with van der Waals surface area (Å²) in [7, 11) is 0. The number of carboxylic acids is 2. The second-order valence-corrected chi connectivity index (χ2v) is 1.79. The van der Waals surface area contributed by atoms with Gasteiger partial charge in [0.2, 0.25) is 0 Å². The Labute approximate surface area is 114 Å². The number of hydrogen-bond donors (Lipinski definition) is 3. The minimum absolute atomic E-state index is 0. The van der Waals surface area contributed by atoms with E-state index >= 15 is 0 Å². The number of aliphatic hydroxyl groups excluding tert-OH is 1. The van der Waals surface area contributed by atoms with Crippen LogP contribution in [-0.2, 0) is 9.59 Å². The van der Waals surface area contributed by atoms with E-state index in [9.17, 15) is 9.59 Å². The van der Waals surface area contributed by atoms with Crippen LogP contribution in [0.5, 0.6) is 0 Å². The van der Waals surface area contributed by atoms with Crippen LogP contribution in [0.3, 0.4) is 0 Å². The molecule has 0 bridgehead atoms. The standard InChI is InChI=1S/C5H8O5.2Na.2H/c6-3(5(9)10)1-2-4(7)8;;;;/h3,6H,1-2H2,(H,7,8)(H,9,10);;;;/t3-;;;;/m1..../s1. The van der Waals surface area contributed by atoms with Gasteiger partial charge >= 0.3 is 71.1 Å². The summed E-state index contributed by atoms with van der Waals surface area (Å²) in [6, 6.07) is 0. The van der Waals surface area contributed by atoms with Crippen LogP contribution in [0.2, 0.25) is 0 Å². The normalized spacial score (nSPS) is 10.4. The second kappa shape index (κ2) is 9.98. The molecule has 7 heteroatoms. The molecule has 3 N–H and O–H groups in total. The van der Waals surface area contributed by atoms with Crippen LogP contribution in [-0.4, -0.2) is 92.5 Å². The number of aliphatic carboxylic acids is 2. The first-order valence-corrected chi connectivity index (χ1v) is 2.66. The van der Waals surface area contributed by atoms with Gasteiger partial charge in [-0.1, -0.05) is 0 Å². The van der Waals surface area contributed by atoms with Gasteiger partial charge in [0, 0.05) is 6.42 Å². The van der Waals surface area contributed by atoms with Gasteiger partial charge in [0.1, 0.15) is 0 Å². The Bertz CT molecular complexity index is 149. The van der Waals surface area contributed by atoms with Gasteiger partial charge < -0.3 is 15.3 Å². The van der Waals surface area contributed by atoms with Gasteiger partial charge in [0.05, 0.1) is 0 Å². The van der Waals surface area contributed by atoms with Crippen molar-refractivity contribution >= 4 is 71.1 Å². The van der Waals surface area contributed by atoms with Crippen molar-refractivity contribution in [2.45, 2.75) is 18.9 Å². The predicted molar refractivity (Wildman–Crippen MR) is 44.8 cm³/mol. The first-order chi connectivity index (χ1) is 4.54. The fourth-order valence-corrected chi connectivity index (χ4v) is 0.384. The Balaban J connectivity index is -0.000000405. The van der Waals surface area contributed by atoms with E-state index in [1.807, 2.05) is 0 Å². The fourth-order valence-electron chi connectivity index (χ4n) is 0.384. The zero-order valence-corrected chi connectivity index (χ0v) is 5.15. The molecule has 0 amide bonds. The Hall–Kier alpha value is 0.900. The molecule has 12 heavy (non-hydrogen) atoms. The van der Waals surface area contributed by atoms with Crippen LogP contribution in [0.4, 0.5) is 0 Å². The molecular weight excluding hydrogens is 186 g/mol. The fraction of sp³-hybridized carbons (Fsp3) is 0.600. The van der Waals surface area contributed by atoms with Crippen molar-refractivity contribution in [2.24, 2.45) is 0 Å². The molecule has 0 aromatic heterocycles. The van der Waals surface area contributed by atoms with Crippen molar-refractivity contribution in [3.8, 4) is 0 Å². The first-order valence-electron chi connectivity index (χ1n) is 2.66. The van der Waals surface area contributed by atoms with Gasteiger partial charge in [-0.3, -0.25) is 4.79 Å². The zero-order valence-electron chi connectivity index (χ0n) is 5.15. The average Bonchev–Trinajstić information content (AvgIpc) is 1.82. The molecule has 0 unspecified atom stereocenters. The van der Waals surface area contributed by atoms with Crippen molar-refractivity contribution in [3.05, 3.63) is 0 Å². The van der Waals surface area contributed by atoms with E-state index in [2.05, 4.69) is 0 Å². The number of hydrogen-bond acceptors (Lipinski definition) is 3. The average molecular weight is 196 g/mol. The number of carbonyl (C=O) groups is 2. The van der Waals surface area contributed by atoms with Crippen LogP contribution in [0, 0.1) is 0 Å². The maximum atomic E-state index is 9.87. The molecule has 0 heterocycles. The molecule has 62 valence electrons. The Morgan fingerprint density at radius 2 is 1.58 bits per heavy atom. The van der Waals surface area contributed by atoms with E-state index < -0.39 is 18.0 Å². The summed E-state index contributed by atoms with van der Waals surface area (Å²) >= 11 is 0. The van der Waals surface area contributed by atoms with Gasteiger partial charge in [-0.2, -0.15) is 0 Å². The first kappa shape index (κ1) is 18.6. The van der Waals surface area contributed by atoms with Crippen molar-refractivity contribution in [1.82, 2.24) is 0 Å². The van der Waals surface area contributed by atoms with Crippen LogP contribution in [0.15, 0.2) is 0 Å². The van der Waals surface area contributed by atoms with E-state index in [-0.39, 0.29) is 72.0 Å². The third kappa shape index (κ3) is 10.9. The van der Waals surface area contributed by atoms with Gasteiger partial charge in [-0.25, -0.2) is 4.79 Å². The van der Waals surface area contributed by atoms with Crippen LogP contribution >= 0.6 is 0 Å². The van der Waals surface area contributed by atoms with Gasteiger partial charge in [-0.05, 0) is 6.42 Å². The van der Waals surface area contributed by atoms with Gasteiger partial charge in [0.25, 0.3) is 0 Å². The van der Waals surface area contributed by atoms with E-state index in [1.54, 1.807) is 0 Å². The van der Waals surface area contributed by atoms with Crippen molar-refractivity contribution < 1.29 is 24.9 Å². The minimum atomic E-state index is -1.56. The predicted octanol–water partition coefficient (Wildman–Crippen LogP) is -2.00. The topological polar surface area (TPSA) is 94.8 Å². The molecular formula is C5H10Na2O5. The van der Waals surface area contributed by atoms with Crippen LogP contribution in [0.1, 0.15) is 12.8 Å². The molecule has 1 atom stereocenters. The molecule has 0 aliphatic carbocycles. The van der Waals surface area contributed by atoms with E-state index in [4.69, 9.17) is 15.3 Å². The molecule has 0 fully saturated rings. The molecule has 0 aromatic rings. The third-order valence-corrected chi connectivity index (χ3v) is 0.917. The van der Waals surface area contributed by atoms with E-state index in [0.717, 1.165) is 0 Å². The summed E-state index contributed by atoms with van der Waals surface area (Å²) in [5.41, 5.74) is 0. The van der Waals surface area contributed by atoms with E-state index in [0.29, 0.717) is 0 Å². The number of aliphatic hydroxyl groups is 1. The number of carboxylic acid groups (broad SMARTS) is 2. The second-order valence-electron chi connectivity index (χ2n) is 1.79. The molecule has 0 aliphatic heterocycles. The molecule has 0 spiro atoms.